The number of oxime groups is 1. The van der Waals surface area contributed by atoms with E-state index in [1.54, 1.807) is 35.4 Å². The lowest BCUT2D eigenvalue weighted by atomic mass is 9.76. The zero-order valence-electron chi connectivity index (χ0n) is 26.1. The van der Waals surface area contributed by atoms with E-state index in [2.05, 4.69) is 20.8 Å². The fourth-order valence-electron chi connectivity index (χ4n) is 5.19. The summed E-state index contributed by atoms with van der Waals surface area (Å²) < 4.78 is 15.6. The smallest absolute Gasteiger partial charge is 0.416 e. The summed E-state index contributed by atoms with van der Waals surface area (Å²) in [5.41, 5.74) is -0.281. The Labute approximate surface area is 262 Å². The number of aromatic nitrogens is 1. The number of nitrogens with zero attached hydrogens (tertiary/aromatic N) is 3. The predicted molar refractivity (Wildman–Crippen MR) is 164 cm³/mol. The number of alkyl carbamates (subject to hydrolysis) is 1. The van der Waals surface area contributed by atoms with Gasteiger partial charge in [-0.05, 0) is 70.1 Å². The Kier molecular flexibility index (Phi) is 11.0. The number of esters is 1. The Morgan fingerprint density at radius 2 is 1.78 bits per heavy atom. The molecule has 1 aromatic carbocycles. The van der Waals surface area contributed by atoms with Crippen molar-refractivity contribution in [2.24, 2.45) is 11.1 Å². The first-order chi connectivity index (χ1) is 21.5. The van der Waals surface area contributed by atoms with Crippen LogP contribution in [0.5, 0.6) is 0 Å². The number of methoxy groups -OCH3 is 1. The van der Waals surface area contributed by atoms with Crippen molar-refractivity contribution in [2.45, 2.75) is 76.7 Å². The van der Waals surface area contributed by atoms with Crippen LogP contribution in [-0.2, 0) is 35.2 Å². The molecule has 1 saturated carbocycles. The first-order valence-corrected chi connectivity index (χ1v) is 15.0. The van der Waals surface area contributed by atoms with Crippen molar-refractivity contribution in [1.29, 1.82) is 0 Å². The third-order valence-electron chi connectivity index (χ3n) is 7.56. The number of ether oxygens (including phenoxy) is 3. The molecule has 2 N–H and O–H groups in total. The summed E-state index contributed by atoms with van der Waals surface area (Å²) in [5, 5.41) is 9.13. The van der Waals surface area contributed by atoms with Gasteiger partial charge >= 0.3 is 18.2 Å². The van der Waals surface area contributed by atoms with Gasteiger partial charge in [0.05, 0.1) is 7.11 Å². The van der Waals surface area contributed by atoms with Gasteiger partial charge in [-0.25, -0.2) is 19.4 Å². The topological polar surface area (TPSA) is 158 Å². The Bertz CT molecular complexity index is 1350. The van der Waals surface area contributed by atoms with E-state index < -0.39 is 41.3 Å². The van der Waals surface area contributed by atoms with Gasteiger partial charge in [0, 0.05) is 25.7 Å². The molecule has 2 aliphatic rings. The number of carbonyl (C=O) groups excluding carboxylic acids is 4. The molecule has 0 bridgehead atoms. The third-order valence-corrected chi connectivity index (χ3v) is 7.56. The summed E-state index contributed by atoms with van der Waals surface area (Å²) in [4.78, 5) is 62.3. The molecule has 1 aromatic heterocycles. The number of hydrogen-bond acceptors (Lipinski definition) is 10. The van der Waals surface area contributed by atoms with Gasteiger partial charge in [0.2, 0.25) is 0 Å². The second-order valence-electron chi connectivity index (χ2n) is 12.2. The highest BCUT2D eigenvalue weighted by Crippen LogP contribution is 2.41. The van der Waals surface area contributed by atoms with E-state index >= 15 is 0 Å². The van der Waals surface area contributed by atoms with Crippen LogP contribution >= 0.6 is 0 Å². The first-order valence-electron chi connectivity index (χ1n) is 15.0. The summed E-state index contributed by atoms with van der Waals surface area (Å²) in [6, 6.07) is 13.3. The molecule has 45 heavy (non-hydrogen) atoms. The standard InChI is InChI=1S/C32H41N5O8/c1-31(2,3)44-30(41)37(26-12-8-9-17-33-26)20-22-13-15-32(16-14-22)18-24(36-45-32)27(38)34-19-25(28(39)42-4)35-29(40)43-21-23-10-6-5-7-11-23/h5-12,17,22,25H,13-16,18-21H2,1-4H3,(H,34,38)(H,35,40)/t22?,25-,32?/m0/s1. The molecule has 2 heterocycles. The lowest BCUT2D eigenvalue weighted by Crippen LogP contribution is -2.50. The minimum Gasteiger partial charge on any atom is -0.467 e. The molecule has 0 unspecified atom stereocenters. The summed E-state index contributed by atoms with van der Waals surface area (Å²) >= 11 is 0. The lowest BCUT2D eigenvalue weighted by molar-refractivity contribution is -0.142. The van der Waals surface area contributed by atoms with E-state index in [-0.39, 0.29) is 24.8 Å². The van der Waals surface area contributed by atoms with E-state index in [1.165, 1.54) is 7.11 Å². The molecule has 13 heteroatoms. The SMILES string of the molecule is COC(=O)[C@H](CNC(=O)C1=NOC2(CCC(CN(C(=O)OC(C)(C)C)c3ccccn3)CC2)C1)NC(=O)OCc1ccccc1. The van der Waals surface area contributed by atoms with E-state index in [0.29, 0.717) is 31.6 Å². The van der Waals surface area contributed by atoms with Crippen LogP contribution in [0.4, 0.5) is 15.4 Å². The van der Waals surface area contributed by atoms with E-state index in [9.17, 15) is 19.2 Å². The van der Waals surface area contributed by atoms with Gasteiger partial charge in [0.1, 0.15) is 35.4 Å². The average Bonchev–Trinajstić information content (AvgIpc) is 3.44. The molecule has 1 aliphatic carbocycles. The molecule has 2 aromatic rings. The van der Waals surface area contributed by atoms with Gasteiger partial charge in [-0.15, -0.1) is 0 Å². The third kappa shape index (κ3) is 9.65. The van der Waals surface area contributed by atoms with Crippen LogP contribution < -0.4 is 15.5 Å². The highest BCUT2D eigenvalue weighted by Gasteiger charge is 2.45. The molecule has 0 radical (unpaired) electrons. The van der Waals surface area contributed by atoms with E-state index in [0.717, 1.165) is 18.4 Å². The Morgan fingerprint density at radius 3 is 2.42 bits per heavy atom. The molecule has 4 rings (SSSR count). The second-order valence-corrected chi connectivity index (χ2v) is 12.2. The maximum absolute atomic E-state index is 13.0. The van der Waals surface area contributed by atoms with E-state index in [4.69, 9.17) is 19.0 Å². The molecule has 1 aliphatic heterocycles. The first kappa shape index (κ1) is 33.2. The van der Waals surface area contributed by atoms with Gasteiger partial charge in [-0.2, -0.15) is 0 Å². The van der Waals surface area contributed by atoms with Crippen LogP contribution in [0.25, 0.3) is 0 Å². The summed E-state index contributed by atoms with van der Waals surface area (Å²) in [5.74, 6) is -0.554. The fourth-order valence-corrected chi connectivity index (χ4v) is 5.19. The highest BCUT2D eigenvalue weighted by atomic mass is 16.7. The van der Waals surface area contributed by atoms with Crippen molar-refractivity contribution in [3.8, 4) is 0 Å². The number of hydrogen-bond donors (Lipinski definition) is 2. The van der Waals surface area contributed by atoms with Crippen LogP contribution in [-0.4, -0.2) is 72.2 Å². The lowest BCUT2D eigenvalue weighted by Gasteiger charge is -2.37. The number of rotatable bonds is 10. The predicted octanol–water partition coefficient (Wildman–Crippen LogP) is 4.11. The van der Waals surface area contributed by atoms with Gasteiger partial charge in [-0.1, -0.05) is 41.6 Å². The van der Waals surface area contributed by atoms with Gasteiger partial charge in [0.15, 0.2) is 0 Å². The maximum atomic E-state index is 13.0. The van der Waals surface area contributed by atoms with Crippen LogP contribution in [0.2, 0.25) is 0 Å². The normalized spacial score (nSPS) is 19.8. The van der Waals surface area contributed by atoms with Crippen molar-refractivity contribution in [3.63, 3.8) is 0 Å². The molecule has 242 valence electrons. The maximum Gasteiger partial charge on any atom is 0.416 e. The quantitative estimate of drug-likeness (QED) is 0.293. The van der Waals surface area contributed by atoms with Crippen molar-refractivity contribution >= 4 is 35.6 Å². The zero-order chi connectivity index (χ0) is 32.5. The minimum atomic E-state index is -1.17. The summed E-state index contributed by atoms with van der Waals surface area (Å²) in [6.45, 7) is 5.70. The average molecular weight is 624 g/mol. The summed E-state index contributed by atoms with van der Waals surface area (Å²) in [6.07, 6.45) is 3.44. The number of amides is 3. The molecule has 0 saturated heterocycles. The van der Waals surface area contributed by atoms with Crippen molar-refractivity contribution < 1.29 is 38.2 Å². The largest absolute Gasteiger partial charge is 0.467 e. The van der Waals surface area contributed by atoms with Crippen LogP contribution in [0.3, 0.4) is 0 Å². The van der Waals surface area contributed by atoms with Gasteiger partial charge < -0.3 is 29.7 Å². The molecule has 13 nitrogen and oxygen atoms in total. The number of carbonyl (C=O) groups is 4. The van der Waals surface area contributed by atoms with Crippen LogP contribution in [0, 0.1) is 5.92 Å². The number of pyridine rings is 1. The molecule has 1 fully saturated rings. The zero-order valence-corrected chi connectivity index (χ0v) is 26.1. The van der Waals surface area contributed by atoms with Gasteiger partial charge in [0.25, 0.3) is 5.91 Å². The Hall–Kier alpha value is -4.68. The van der Waals surface area contributed by atoms with Crippen molar-refractivity contribution in [3.05, 3.63) is 60.3 Å². The molecular formula is C32H41N5O8. The summed E-state index contributed by atoms with van der Waals surface area (Å²) in [7, 11) is 1.19. The van der Waals surface area contributed by atoms with Crippen LogP contribution in [0.1, 0.15) is 58.4 Å². The number of anilines is 1. The molecule has 3 amide bonds. The highest BCUT2D eigenvalue weighted by molar-refractivity contribution is 6.39. The van der Waals surface area contributed by atoms with Crippen molar-refractivity contribution in [2.75, 3.05) is 25.1 Å². The monoisotopic (exact) mass is 623 g/mol. The van der Waals surface area contributed by atoms with E-state index in [1.807, 2.05) is 45.0 Å². The van der Waals surface area contributed by atoms with Gasteiger partial charge in [-0.3, -0.25) is 9.69 Å². The van der Waals surface area contributed by atoms with Crippen LogP contribution in [0.15, 0.2) is 59.9 Å². The Balaban J connectivity index is 1.26. The molecular weight excluding hydrogens is 582 g/mol. The van der Waals surface area contributed by atoms with Crippen molar-refractivity contribution in [1.82, 2.24) is 15.6 Å². The Morgan fingerprint density at radius 1 is 1.07 bits per heavy atom. The number of nitrogens with one attached hydrogen (secondary N) is 2. The molecule has 1 atom stereocenters. The minimum absolute atomic E-state index is 0.0200. The second kappa shape index (κ2) is 14.9. The number of benzene rings is 1. The fraction of sp³-hybridized carbons (Fsp3) is 0.500. The molecule has 1 spiro atoms.